The lowest BCUT2D eigenvalue weighted by Gasteiger charge is -1.88. The number of rotatable bonds is 1. The van der Waals surface area contributed by atoms with E-state index in [0.717, 1.165) is 5.82 Å². The molecule has 0 saturated heterocycles. The maximum absolute atomic E-state index is 3.91. The van der Waals surface area contributed by atoms with Crippen molar-refractivity contribution >= 4 is 11.3 Å². The summed E-state index contributed by atoms with van der Waals surface area (Å²) < 4.78 is 1.59. The maximum atomic E-state index is 3.91. The summed E-state index contributed by atoms with van der Waals surface area (Å²) in [6.45, 7) is 0. The average molecular weight is 151 g/mol. The van der Waals surface area contributed by atoms with E-state index in [1.807, 2.05) is 5.38 Å². The SMILES string of the molecule is [c]1nc(-n2ccnn2)cs1. The number of aromatic nitrogens is 4. The lowest BCUT2D eigenvalue weighted by atomic mass is 10.8. The molecule has 5 heteroatoms. The van der Waals surface area contributed by atoms with Crippen LogP contribution in [0.2, 0.25) is 0 Å². The van der Waals surface area contributed by atoms with Crippen molar-refractivity contribution in [1.82, 2.24) is 20.0 Å². The van der Waals surface area contributed by atoms with Gasteiger partial charge < -0.3 is 0 Å². The van der Waals surface area contributed by atoms with Crippen molar-refractivity contribution in [1.29, 1.82) is 0 Å². The fourth-order valence-corrected chi connectivity index (χ4v) is 1.08. The predicted molar refractivity (Wildman–Crippen MR) is 35.9 cm³/mol. The van der Waals surface area contributed by atoms with Crippen LogP contribution >= 0.6 is 11.3 Å². The van der Waals surface area contributed by atoms with Gasteiger partial charge in [0.15, 0.2) is 11.3 Å². The van der Waals surface area contributed by atoms with E-state index >= 15 is 0 Å². The zero-order valence-corrected chi connectivity index (χ0v) is 5.75. The summed E-state index contributed by atoms with van der Waals surface area (Å²) in [5, 5.41) is 9.25. The van der Waals surface area contributed by atoms with Crippen LogP contribution in [0.3, 0.4) is 0 Å². The zero-order chi connectivity index (χ0) is 6.81. The van der Waals surface area contributed by atoms with E-state index < -0.39 is 0 Å². The zero-order valence-electron chi connectivity index (χ0n) is 4.93. The van der Waals surface area contributed by atoms with Gasteiger partial charge in [-0.3, -0.25) is 0 Å². The van der Waals surface area contributed by atoms with Crippen molar-refractivity contribution in [3.63, 3.8) is 0 Å². The normalized spacial score (nSPS) is 10.0. The van der Waals surface area contributed by atoms with Crippen LogP contribution in [-0.4, -0.2) is 20.0 Å². The summed E-state index contributed by atoms with van der Waals surface area (Å²) >= 11 is 1.41. The molecule has 0 spiro atoms. The molecule has 2 aromatic heterocycles. The molecular formula is C5H3N4S. The first-order chi connectivity index (χ1) is 4.97. The molecule has 0 atom stereocenters. The van der Waals surface area contributed by atoms with Crippen LogP contribution in [0, 0.1) is 5.51 Å². The van der Waals surface area contributed by atoms with E-state index in [-0.39, 0.29) is 0 Å². The summed E-state index contributed by atoms with van der Waals surface area (Å²) in [6, 6.07) is 0. The third kappa shape index (κ3) is 0.801. The minimum Gasteiger partial charge on any atom is -0.214 e. The largest absolute Gasteiger partial charge is 0.214 e. The number of nitrogens with zero attached hydrogens (tertiary/aromatic N) is 4. The van der Waals surface area contributed by atoms with E-state index in [4.69, 9.17) is 0 Å². The fourth-order valence-electron chi connectivity index (χ4n) is 0.614. The molecule has 49 valence electrons. The Morgan fingerprint density at radius 2 is 2.60 bits per heavy atom. The van der Waals surface area contributed by atoms with Gasteiger partial charge >= 0.3 is 0 Å². The monoisotopic (exact) mass is 151 g/mol. The first-order valence-electron chi connectivity index (χ1n) is 2.65. The predicted octanol–water partition coefficient (Wildman–Crippen LogP) is 0.524. The van der Waals surface area contributed by atoms with Crippen molar-refractivity contribution in [2.45, 2.75) is 0 Å². The van der Waals surface area contributed by atoms with Crippen LogP contribution in [0.4, 0.5) is 0 Å². The second-order valence-corrected chi connectivity index (χ2v) is 2.30. The summed E-state index contributed by atoms with van der Waals surface area (Å²) in [7, 11) is 0. The first kappa shape index (κ1) is 5.55. The summed E-state index contributed by atoms with van der Waals surface area (Å²) in [6.07, 6.45) is 3.35. The van der Waals surface area contributed by atoms with Crippen molar-refractivity contribution in [3.05, 3.63) is 23.3 Å². The molecule has 0 aliphatic rings. The topological polar surface area (TPSA) is 43.6 Å². The third-order valence-corrected chi connectivity index (χ3v) is 1.56. The minimum absolute atomic E-state index is 0.766. The van der Waals surface area contributed by atoms with Crippen LogP contribution in [0.5, 0.6) is 0 Å². The standard InChI is InChI=1S/C5H3N4S/c1-2-9(8-7-1)5-3-10-4-6-5/h1-3H. The molecule has 2 rings (SSSR count). The van der Waals surface area contributed by atoms with Crippen molar-refractivity contribution in [2.75, 3.05) is 0 Å². The Labute approximate surface area is 61.1 Å². The number of hydrogen-bond donors (Lipinski definition) is 0. The fraction of sp³-hybridized carbons (Fsp3) is 0. The Morgan fingerprint density at radius 1 is 1.60 bits per heavy atom. The average Bonchev–Trinajstić information content (AvgIpc) is 2.59. The van der Waals surface area contributed by atoms with Gasteiger partial charge in [0.1, 0.15) is 0 Å². The van der Waals surface area contributed by atoms with Gasteiger partial charge in [-0.05, 0) is 0 Å². The Hall–Kier alpha value is -1.23. The van der Waals surface area contributed by atoms with Gasteiger partial charge in [-0.2, -0.15) is 0 Å². The smallest absolute Gasteiger partial charge is 0.166 e. The second-order valence-electron chi connectivity index (χ2n) is 1.64. The molecule has 0 saturated carbocycles. The van der Waals surface area contributed by atoms with Gasteiger partial charge in [0.25, 0.3) is 0 Å². The molecule has 2 aromatic rings. The van der Waals surface area contributed by atoms with Crippen LogP contribution in [0.25, 0.3) is 5.82 Å². The van der Waals surface area contributed by atoms with Gasteiger partial charge in [0, 0.05) is 5.38 Å². The molecule has 0 amide bonds. The minimum atomic E-state index is 0.766. The van der Waals surface area contributed by atoms with Gasteiger partial charge in [0.05, 0.1) is 12.4 Å². The summed E-state index contributed by atoms with van der Waals surface area (Å²) in [5.41, 5.74) is 2.72. The van der Waals surface area contributed by atoms with Crippen molar-refractivity contribution in [2.24, 2.45) is 0 Å². The molecule has 1 radical (unpaired) electrons. The Balaban J connectivity index is 2.48. The van der Waals surface area contributed by atoms with E-state index in [9.17, 15) is 0 Å². The number of hydrogen-bond acceptors (Lipinski definition) is 4. The highest BCUT2D eigenvalue weighted by atomic mass is 32.1. The van der Waals surface area contributed by atoms with Crippen LogP contribution in [0.15, 0.2) is 17.8 Å². The summed E-state index contributed by atoms with van der Waals surface area (Å²) in [5.74, 6) is 0.766. The first-order valence-corrected chi connectivity index (χ1v) is 3.53. The van der Waals surface area contributed by atoms with E-state index in [1.54, 1.807) is 17.1 Å². The quantitative estimate of drug-likeness (QED) is 0.597. The van der Waals surface area contributed by atoms with E-state index in [0.29, 0.717) is 0 Å². The van der Waals surface area contributed by atoms with Crippen LogP contribution in [0.1, 0.15) is 0 Å². The van der Waals surface area contributed by atoms with Gasteiger partial charge in [0.2, 0.25) is 0 Å². The Bertz CT molecular complexity index is 253. The molecule has 0 fully saturated rings. The van der Waals surface area contributed by atoms with Gasteiger partial charge in [-0.15, -0.1) is 16.4 Å². The molecule has 10 heavy (non-hydrogen) atoms. The Morgan fingerprint density at radius 3 is 3.20 bits per heavy atom. The van der Waals surface area contributed by atoms with E-state index in [1.165, 1.54) is 11.3 Å². The van der Waals surface area contributed by atoms with Gasteiger partial charge in [-0.1, -0.05) is 5.21 Å². The van der Waals surface area contributed by atoms with E-state index in [2.05, 4.69) is 20.8 Å². The van der Waals surface area contributed by atoms with Crippen LogP contribution in [-0.2, 0) is 0 Å². The van der Waals surface area contributed by atoms with Crippen molar-refractivity contribution < 1.29 is 0 Å². The maximum Gasteiger partial charge on any atom is 0.166 e. The molecule has 4 nitrogen and oxygen atoms in total. The highest BCUT2D eigenvalue weighted by Crippen LogP contribution is 2.03. The molecule has 0 aromatic carbocycles. The highest BCUT2D eigenvalue weighted by Gasteiger charge is 1.95. The molecule has 0 aliphatic heterocycles. The molecular weight excluding hydrogens is 148 g/mol. The van der Waals surface area contributed by atoms with Crippen LogP contribution < -0.4 is 0 Å². The third-order valence-electron chi connectivity index (χ3n) is 1.03. The molecule has 2 heterocycles. The van der Waals surface area contributed by atoms with Gasteiger partial charge in [-0.25, -0.2) is 9.67 Å². The van der Waals surface area contributed by atoms with Crippen molar-refractivity contribution in [3.8, 4) is 5.82 Å². The Kier molecular flexibility index (Phi) is 1.21. The molecule has 0 unspecified atom stereocenters. The lowest BCUT2D eigenvalue weighted by Crippen LogP contribution is -1.93. The molecule has 0 bridgehead atoms. The number of thiazole rings is 1. The summed E-state index contributed by atoms with van der Waals surface area (Å²) in [4.78, 5) is 3.91. The molecule has 0 N–H and O–H groups in total. The second kappa shape index (κ2) is 2.18. The lowest BCUT2D eigenvalue weighted by molar-refractivity contribution is 0.786. The molecule has 0 aliphatic carbocycles. The highest BCUT2D eigenvalue weighted by molar-refractivity contribution is 7.07.